The number of hydrogen-bond donors (Lipinski definition) is 3. The predicted molar refractivity (Wildman–Crippen MR) is 83.0 cm³/mol. The highest BCUT2D eigenvalue weighted by Crippen LogP contribution is 2.26. The molecule has 4 atom stereocenters. The Morgan fingerprint density at radius 2 is 1.52 bits per heavy atom. The zero-order valence-corrected chi connectivity index (χ0v) is 13.6. The van der Waals surface area contributed by atoms with E-state index in [-0.39, 0.29) is 0 Å². The molecule has 0 spiro atoms. The summed E-state index contributed by atoms with van der Waals surface area (Å²) < 4.78 is 4.92. The summed E-state index contributed by atoms with van der Waals surface area (Å²) in [7, 11) is 0. The molecule has 0 radical (unpaired) electrons. The van der Waals surface area contributed by atoms with Crippen LogP contribution in [0, 0.1) is 0 Å². The van der Waals surface area contributed by atoms with Gasteiger partial charge in [-0.2, -0.15) is 0 Å². The van der Waals surface area contributed by atoms with Crippen LogP contribution in [0.3, 0.4) is 0 Å². The fourth-order valence-corrected chi connectivity index (χ4v) is 3.43. The highest BCUT2D eigenvalue weighted by molar-refractivity contribution is 7.99. The van der Waals surface area contributed by atoms with E-state index in [9.17, 15) is 20.1 Å². The van der Waals surface area contributed by atoms with E-state index in [1.54, 1.807) is 0 Å². The minimum atomic E-state index is -1.64. The van der Waals surface area contributed by atoms with Crippen LogP contribution in [0.4, 0.5) is 0 Å². The molecule has 0 aromatic rings. The third-order valence-electron chi connectivity index (χ3n) is 3.71. The van der Waals surface area contributed by atoms with Gasteiger partial charge >= 0.3 is 5.97 Å². The van der Waals surface area contributed by atoms with Crippen molar-refractivity contribution in [2.24, 2.45) is 0 Å². The van der Waals surface area contributed by atoms with Crippen LogP contribution in [0.2, 0.25) is 0 Å². The first-order chi connectivity index (χ1) is 10.1. The Morgan fingerprint density at radius 3 is 2.14 bits per heavy atom. The van der Waals surface area contributed by atoms with Gasteiger partial charge in [-0.1, -0.05) is 51.9 Å². The SMILES string of the molecule is CCCCCCCCCCSC1OC(=O)[C@H](O)[C@@H](O)[C@@H]1O. The third kappa shape index (κ3) is 6.55. The van der Waals surface area contributed by atoms with Crippen LogP contribution in [0.15, 0.2) is 0 Å². The largest absolute Gasteiger partial charge is 0.446 e. The molecule has 0 aromatic heterocycles. The molecule has 5 nitrogen and oxygen atoms in total. The van der Waals surface area contributed by atoms with Crippen LogP contribution >= 0.6 is 11.8 Å². The molecule has 124 valence electrons. The average molecular weight is 320 g/mol. The molecular weight excluding hydrogens is 292 g/mol. The lowest BCUT2D eigenvalue weighted by Gasteiger charge is -2.33. The van der Waals surface area contributed by atoms with Crippen molar-refractivity contribution in [2.45, 2.75) is 82.0 Å². The molecule has 6 heteroatoms. The van der Waals surface area contributed by atoms with Gasteiger partial charge in [-0.3, -0.25) is 0 Å². The first kappa shape index (κ1) is 18.7. The molecule has 3 N–H and O–H groups in total. The Bertz CT molecular complexity index is 300. The lowest BCUT2D eigenvalue weighted by Crippen LogP contribution is -2.54. The number of rotatable bonds is 10. The minimum Gasteiger partial charge on any atom is -0.446 e. The maximum absolute atomic E-state index is 11.3. The van der Waals surface area contributed by atoms with Crippen molar-refractivity contribution in [1.29, 1.82) is 0 Å². The summed E-state index contributed by atoms with van der Waals surface area (Å²) in [4.78, 5) is 11.3. The summed E-state index contributed by atoms with van der Waals surface area (Å²) in [5.41, 5.74) is -0.777. The third-order valence-corrected chi connectivity index (χ3v) is 4.93. The Morgan fingerprint density at radius 1 is 0.952 bits per heavy atom. The van der Waals surface area contributed by atoms with Gasteiger partial charge in [0.1, 0.15) is 12.2 Å². The minimum absolute atomic E-state index is 0.771. The topological polar surface area (TPSA) is 87.0 Å². The van der Waals surface area contributed by atoms with Crippen molar-refractivity contribution in [3.63, 3.8) is 0 Å². The molecule has 1 heterocycles. The molecule has 1 unspecified atom stereocenters. The zero-order chi connectivity index (χ0) is 15.7. The molecule has 0 aliphatic carbocycles. The summed E-state index contributed by atoms with van der Waals surface area (Å²) in [5, 5.41) is 28.5. The lowest BCUT2D eigenvalue weighted by atomic mass is 10.1. The summed E-state index contributed by atoms with van der Waals surface area (Å²) in [6.07, 6.45) is 5.46. The van der Waals surface area contributed by atoms with E-state index in [0.717, 1.165) is 18.6 Å². The fourth-order valence-electron chi connectivity index (χ4n) is 2.31. The Kier molecular flexibility index (Phi) is 9.31. The van der Waals surface area contributed by atoms with E-state index in [0.29, 0.717) is 0 Å². The van der Waals surface area contributed by atoms with E-state index in [1.807, 2.05) is 0 Å². The van der Waals surface area contributed by atoms with E-state index < -0.39 is 29.7 Å². The summed E-state index contributed by atoms with van der Waals surface area (Å²) >= 11 is 1.32. The van der Waals surface area contributed by atoms with Gasteiger partial charge < -0.3 is 20.1 Å². The lowest BCUT2D eigenvalue weighted by molar-refractivity contribution is -0.190. The van der Waals surface area contributed by atoms with Crippen LogP contribution in [-0.2, 0) is 9.53 Å². The predicted octanol–water partition coefficient (Wildman–Crippen LogP) is 1.83. The van der Waals surface area contributed by atoms with Crippen molar-refractivity contribution in [3.8, 4) is 0 Å². The Hall–Kier alpha value is -0.300. The second-order valence-electron chi connectivity index (χ2n) is 5.58. The Labute approximate surface area is 131 Å². The van der Waals surface area contributed by atoms with Crippen molar-refractivity contribution >= 4 is 17.7 Å². The van der Waals surface area contributed by atoms with E-state index in [1.165, 1.54) is 50.3 Å². The molecule has 1 fully saturated rings. The van der Waals surface area contributed by atoms with Crippen molar-refractivity contribution in [3.05, 3.63) is 0 Å². The molecule has 0 aromatic carbocycles. The summed E-state index contributed by atoms with van der Waals surface area (Å²) in [6.45, 7) is 2.21. The van der Waals surface area contributed by atoms with Crippen LogP contribution < -0.4 is 0 Å². The zero-order valence-electron chi connectivity index (χ0n) is 12.7. The molecule has 0 saturated carbocycles. The van der Waals surface area contributed by atoms with Crippen molar-refractivity contribution in [2.75, 3.05) is 5.75 Å². The van der Waals surface area contributed by atoms with Gasteiger partial charge in [0.15, 0.2) is 11.5 Å². The van der Waals surface area contributed by atoms with Gasteiger partial charge in [0.2, 0.25) is 0 Å². The smallest absolute Gasteiger partial charge is 0.339 e. The van der Waals surface area contributed by atoms with Crippen molar-refractivity contribution in [1.82, 2.24) is 0 Å². The number of thioether (sulfide) groups is 1. The first-order valence-electron chi connectivity index (χ1n) is 7.94. The van der Waals surface area contributed by atoms with Crippen LogP contribution in [0.25, 0.3) is 0 Å². The van der Waals surface area contributed by atoms with Crippen LogP contribution in [0.5, 0.6) is 0 Å². The summed E-state index contributed by atoms with van der Waals surface area (Å²) in [6, 6.07) is 0. The van der Waals surface area contributed by atoms with Gasteiger partial charge in [0.05, 0.1) is 0 Å². The van der Waals surface area contributed by atoms with E-state index in [2.05, 4.69) is 6.92 Å². The normalized spacial score (nSPS) is 29.4. The number of aliphatic hydroxyl groups excluding tert-OH is 3. The van der Waals surface area contributed by atoms with Gasteiger partial charge in [-0.05, 0) is 12.2 Å². The second kappa shape index (κ2) is 10.4. The number of ether oxygens (including phenoxy) is 1. The highest BCUT2D eigenvalue weighted by Gasteiger charge is 2.43. The summed E-state index contributed by atoms with van der Waals surface area (Å²) in [5.74, 6) is -0.0894. The number of aliphatic hydroxyl groups is 3. The molecule has 21 heavy (non-hydrogen) atoms. The van der Waals surface area contributed by atoms with E-state index in [4.69, 9.17) is 4.74 Å². The number of esters is 1. The number of cyclic esters (lactones) is 1. The number of carbonyl (C=O) groups excluding carboxylic acids is 1. The van der Waals surface area contributed by atoms with Crippen LogP contribution in [0.1, 0.15) is 58.3 Å². The maximum Gasteiger partial charge on any atom is 0.339 e. The standard InChI is InChI=1S/C15H28O5S/c1-2-3-4-5-6-7-8-9-10-21-15-13(18)11(16)12(17)14(19)20-15/h11-13,15-18H,2-10H2,1H3/t11-,12-,13+,15?/m1/s1. The fraction of sp³-hybridized carbons (Fsp3) is 0.933. The van der Waals surface area contributed by atoms with Gasteiger partial charge in [-0.25, -0.2) is 4.79 Å². The molecule has 0 amide bonds. The molecule has 1 rings (SSSR count). The quantitative estimate of drug-likeness (QED) is 0.420. The maximum atomic E-state index is 11.3. The second-order valence-corrected chi connectivity index (χ2v) is 6.78. The first-order valence-corrected chi connectivity index (χ1v) is 8.99. The van der Waals surface area contributed by atoms with Crippen LogP contribution in [-0.4, -0.2) is 50.8 Å². The number of carbonyl (C=O) groups is 1. The molecular formula is C15H28O5S. The molecule has 1 aliphatic heterocycles. The number of unbranched alkanes of at least 4 members (excludes halogenated alkanes) is 7. The highest BCUT2D eigenvalue weighted by atomic mass is 32.2. The number of hydrogen-bond acceptors (Lipinski definition) is 6. The van der Waals surface area contributed by atoms with Gasteiger partial charge in [0.25, 0.3) is 0 Å². The monoisotopic (exact) mass is 320 g/mol. The molecule has 0 bridgehead atoms. The molecule has 1 aliphatic rings. The van der Waals surface area contributed by atoms with E-state index >= 15 is 0 Å². The molecule has 1 saturated heterocycles. The van der Waals surface area contributed by atoms with Gasteiger partial charge in [0, 0.05) is 0 Å². The van der Waals surface area contributed by atoms with Crippen molar-refractivity contribution < 1.29 is 24.9 Å². The Balaban J connectivity index is 2.06. The van der Waals surface area contributed by atoms with Gasteiger partial charge in [-0.15, -0.1) is 11.8 Å². The average Bonchev–Trinajstić information content (AvgIpc) is 2.48.